The molecule has 4 aromatic carbocycles. The number of hydrogen-bond acceptors (Lipinski definition) is 7. The van der Waals surface area contributed by atoms with E-state index in [-0.39, 0.29) is 17.0 Å². The fourth-order valence-corrected chi connectivity index (χ4v) is 10.8. The van der Waals surface area contributed by atoms with Crippen LogP contribution in [0.15, 0.2) is 113 Å². The van der Waals surface area contributed by atoms with Gasteiger partial charge in [0.15, 0.2) is 9.92 Å². The topological polar surface area (TPSA) is 110 Å². The van der Waals surface area contributed by atoms with Crippen molar-refractivity contribution in [3.63, 3.8) is 0 Å². The van der Waals surface area contributed by atoms with E-state index in [1.54, 1.807) is 18.0 Å². The summed E-state index contributed by atoms with van der Waals surface area (Å²) in [5.74, 6) is 0.661. The third-order valence-corrected chi connectivity index (χ3v) is 13.6. The van der Waals surface area contributed by atoms with Gasteiger partial charge in [0.05, 0.1) is 24.9 Å². The molecule has 54 heavy (non-hydrogen) atoms. The molecule has 0 saturated carbocycles. The number of nitrogens with one attached hydrogen (secondary N) is 2. The van der Waals surface area contributed by atoms with Gasteiger partial charge in [0.1, 0.15) is 17.0 Å². The van der Waals surface area contributed by atoms with Crippen molar-refractivity contribution < 1.29 is 18.5 Å². The molecule has 5 aromatic rings. The number of amides is 2. The van der Waals surface area contributed by atoms with E-state index in [0.717, 1.165) is 67.6 Å². The number of carbonyl (C=O) groups excluding carboxylic acids is 1. The van der Waals surface area contributed by atoms with Crippen LogP contribution in [-0.4, -0.2) is 63.9 Å². The second-order valence-corrected chi connectivity index (χ2v) is 16.9. The van der Waals surface area contributed by atoms with E-state index in [2.05, 4.69) is 27.9 Å². The Balaban J connectivity index is 1.21. The Labute approximate surface area is 317 Å². The van der Waals surface area contributed by atoms with Crippen molar-refractivity contribution in [2.24, 2.45) is 4.36 Å². The molecule has 9 rings (SSSR count). The van der Waals surface area contributed by atoms with Crippen LogP contribution in [0.1, 0.15) is 64.6 Å². The van der Waals surface area contributed by atoms with Crippen molar-refractivity contribution in [3.8, 4) is 5.88 Å². The lowest BCUT2D eigenvalue weighted by atomic mass is 9.78. The minimum atomic E-state index is -3.85. The summed E-state index contributed by atoms with van der Waals surface area (Å²) in [5, 5.41) is 7.97. The summed E-state index contributed by atoms with van der Waals surface area (Å²) in [5.41, 5.74) is 6.96. The van der Waals surface area contributed by atoms with Crippen LogP contribution >= 0.6 is 0 Å². The van der Waals surface area contributed by atoms with Gasteiger partial charge in [-0.1, -0.05) is 104 Å². The van der Waals surface area contributed by atoms with E-state index in [9.17, 15) is 4.79 Å². The summed E-state index contributed by atoms with van der Waals surface area (Å²) in [6.07, 6.45) is 6.74. The highest BCUT2D eigenvalue weighted by atomic mass is 32.2. The Morgan fingerprint density at radius 2 is 1.56 bits per heavy atom. The van der Waals surface area contributed by atoms with E-state index in [0.29, 0.717) is 24.9 Å². The summed E-state index contributed by atoms with van der Waals surface area (Å²) in [6.45, 7) is 4.80. The molecule has 278 valence electrons. The van der Waals surface area contributed by atoms with Crippen molar-refractivity contribution in [1.82, 2.24) is 19.4 Å². The van der Waals surface area contributed by atoms with Gasteiger partial charge in [0.2, 0.25) is 5.88 Å². The number of benzene rings is 4. The number of methoxy groups -OCH3 is 1. The lowest BCUT2D eigenvalue weighted by Gasteiger charge is -2.44. The molecule has 1 saturated heterocycles. The smallest absolute Gasteiger partial charge is 0.331 e. The molecule has 2 aliphatic carbocycles. The van der Waals surface area contributed by atoms with Gasteiger partial charge in [-0.2, -0.15) is 9.46 Å². The first-order valence-electron chi connectivity index (χ1n) is 19.0. The number of hydrogen-bond donors (Lipinski definition) is 2. The maximum absolute atomic E-state index is 16.3. The van der Waals surface area contributed by atoms with Gasteiger partial charge >= 0.3 is 6.03 Å². The minimum Gasteiger partial charge on any atom is -0.475 e. The molecule has 2 amide bonds. The van der Waals surface area contributed by atoms with Gasteiger partial charge < -0.3 is 14.8 Å². The molecular formula is C43H46N6O4S. The van der Waals surface area contributed by atoms with Gasteiger partial charge in [-0.05, 0) is 77.0 Å². The van der Waals surface area contributed by atoms with Crippen LogP contribution in [0.3, 0.4) is 0 Å². The van der Waals surface area contributed by atoms with Crippen LogP contribution in [-0.2, 0) is 46.0 Å². The average Bonchev–Trinajstić information content (AvgIpc) is 3.93. The number of aryl methyl sites for hydroxylation is 2. The first-order valence-corrected chi connectivity index (χ1v) is 20.5. The number of likely N-dealkylation sites (tertiary alicyclic amines) is 1. The lowest BCUT2D eigenvalue weighted by molar-refractivity contribution is -0.0687. The number of ether oxygens (including phenoxy) is 2. The summed E-state index contributed by atoms with van der Waals surface area (Å²) >= 11 is 0. The van der Waals surface area contributed by atoms with Gasteiger partial charge in [-0.15, -0.1) is 0 Å². The molecule has 1 unspecified atom stereocenters. The molecule has 3 heterocycles. The second kappa shape index (κ2) is 14.0. The van der Waals surface area contributed by atoms with E-state index in [4.69, 9.17) is 18.9 Å². The zero-order valence-corrected chi connectivity index (χ0v) is 31.6. The number of carbonyl (C=O) groups is 1. The second-order valence-electron chi connectivity index (χ2n) is 15.0. The van der Waals surface area contributed by atoms with Gasteiger partial charge in [-0.3, -0.25) is 4.90 Å². The summed E-state index contributed by atoms with van der Waals surface area (Å²) in [4.78, 5) is 17.1. The molecule has 0 bridgehead atoms. The molecule has 2 aliphatic heterocycles. The van der Waals surface area contributed by atoms with E-state index in [1.165, 1.54) is 22.3 Å². The van der Waals surface area contributed by atoms with E-state index >= 15 is 4.21 Å². The molecule has 2 N–H and O–H groups in total. The Morgan fingerprint density at radius 3 is 2.19 bits per heavy atom. The van der Waals surface area contributed by atoms with Crippen LogP contribution in [0.2, 0.25) is 0 Å². The summed E-state index contributed by atoms with van der Waals surface area (Å²) in [6, 6.07) is 31.4. The van der Waals surface area contributed by atoms with E-state index in [1.807, 2.05) is 91.0 Å². The number of fused-ring (bicyclic) bond motifs is 3. The molecule has 0 radical (unpaired) electrons. The van der Waals surface area contributed by atoms with Gasteiger partial charge in [0.25, 0.3) is 0 Å². The highest BCUT2D eigenvalue weighted by Crippen LogP contribution is 2.45. The zero-order chi connectivity index (χ0) is 36.9. The number of rotatable bonds is 9. The molecule has 3 atom stereocenters. The van der Waals surface area contributed by atoms with Crippen molar-refractivity contribution in [2.75, 3.05) is 32.1 Å². The maximum atomic E-state index is 16.3. The highest BCUT2D eigenvalue weighted by molar-refractivity contribution is 7.92. The Bertz CT molecular complexity index is 2200. The Kier molecular flexibility index (Phi) is 9.03. The molecule has 4 aliphatic rings. The number of nitrogens with zero attached hydrogens (tertiary/aromatic N) is 4. The third-order valence-electron chi connectivity index (χ3n) is 11.8. The largest absolute Gasteiger partial charge is 0.475 e. The SMILES string of the molecule is COC1CN([C@@H]2COc3c(S(=O)(=NC(c4ccccc4)(c4ccccc4)c4ccccc4)NC(=O)Nc4c5c(cc6c4[C@@H](C)CC6)CCC5)cnn3C2)C1. The van der Waals surface area contributed by atoms with Gasteiger partial charge in [-0.25, -0.2) is 18.4 Å². The number of aromatic nitrogens is 2. The summed E-state index contributed by atoms with van der Waals surface area (Å²) in [7, 11) is -2.11. The average molecular weight is 743 g/mol. The first-order chi connectivity index (χ1) is 26.4. The molecule has 11 heteroatoms. The van der Waals surface area contributed by atoms with Crippen LogP contribution in [0.5, 0.6) is 5.88 Å². The standard InChI is InChI=1S/C43H46N6O4S/c1-29-21-22-31-23-30-13-12-20-37(30)40(39(29)31)45-42(50)46-54(51,38-24-44-49-25-35(28-53-41(38)49)48-26-36(27-48)52-2)47-43(32-14-6-3-7-15-32,33-16-8-4-9-17-33)34-18-10-5-11-19-34/h3-11,14-19,23-24,29,35-36H,12-13,20-22,25-28H2,1-2H3,(H2,45,46,47,50,51)/t29-,35-,54?/m0/s1. The van der Waals surface area contributed by atoms with Crippen molar-refractivity contribution in [1.29, 1.82) is 0 Å². The monoisotopic (exact) mass is 742 g/mol. The van der Waals surface area contributed by atoms with Crippen LogP contribution in [0.4, 0.5) is 10.5 Å². The predicted molar refractivity (Wildman–Crippen MR) is 209 cm³/mol. The molecule has 10 nitrogen and oxygen atoms in total. The number of anilines is 1. The number of urea groups is 1. The zero-order valence-electron chi connectivity index (χ0n) is 30.7. The molecule has 1 fully saturated rings. The molecular weight excluding hydrogens is 697 g/mol. The lowest BCUT2D eigenvalue weighted by Crippen LogP contribution is -2.59. The van der Waals surface area contributed by atoms with E-state index < -0.39 is 21.5 Å². The van der Waals surface area contributed by atoms with Crippen LogP contribution in [0.25, 0.3) is 0 Å². The van der Waals surface area contributed by atoms with Gasteiger partial charge in [0, 0.05) is 25.9 Å². The van der Waals surface area contributed by atoms with Crippen molar-refractivity contribution >= 4 is 21.6 Å². The van der Waals surface area contributed by atoms with Crippen molar-refractivity contribution in [2.45, 2.75) is 74.1 Å². The minimum absolute atomic E-state index is 0.0854. The Morgan fingerprint density at radius 1 is 0.907 bits per heavy atom. The normalized spacial score (nSPS) is 20.5. The third kappa shape index (κ3) is 5.99. The molecule has 1 aromatic heterocycles. The fraction of sp³-hybridized carbons (Fsp3) is 0.349. The predicted octanol–water partition coefficient (Wildman–Crippen LogP) is 7.07. The van der Waals surface area contributed by atoms with Crippen LogP contribution in [0, 0.1) is 0 Å². The quantitative estimate of drug-likeness (QED) is 0.157. The molecule has 0 spiro atoms. The fourth-order valence-electron chi connectivity index (χ4n) is 8.92. The first kappa shape index (κ1) is 34.8. The van der Waals surface area contributed by atoms with Crippen molar-refractivity contribution in [3.05, 3.63) is 142 Å². The highest BCUT2D eigenvalue weighted by Gasteiger charge is 2.42. The maximum Gasteiger partial charge on any atom is 0.331 e. The summed E-state index contributed by atoms with van der Waals surface area (Å²) < 4.78 is 38.4. The van der Waals surface area contributed by atoms with Crippen LogP contribution < -0.4 is 14.8 Å². The Hall–Kier alpha value is -4.97.